The zero-order valence-corrected chi connectivity index (χ0v) is 17.8. The van der Waals surface area contributed by atoms with Crippen molar-refractivity contribution in [1.29, 1.82) is 0 Å². The van der Waals surface area contributed by atoms with Crippen LogP contribution in [0.15, 0.2) is 48.5 Å². The van der Waals surface area contributed by atoms with Crippen LogP contribution in [0.25, 0.3) is 0 Å². The van der Waals surface area contributed by atoms with Gasteiger partial charge in [0, 0.05) is 44.3 Å². The summed E-state index contributed by atoms with van der Waals surface area (Å²) < 4.78 is 41.7. The van der Waals surface area contributed by atoms with E-state index in [4.69, 9.17) is 16.3 Å². The smallest absolute Gasteiger partial charge is 0.422 e. The number of halogens is 4. The Kier molecular flexibility index (Phi) is 8.03. The maximum Gasteiger partial charge on any atom is 0.422 e. The summed E-state index contributed by atoms with van der Waals surface area (Å²) in [4.78, 5) is 16.6. The fraction of sp³-hybridized carbons (Fsp3) is 0.409. The number of amides is 2. The molecule has 2 amide bonds. The molecule has 2 aromatic carbocycles. The van der Waals surface area contributed by atoms with Gasteiger partial charge in [-0.2, -0.15) is 13.2 Å². The van der Waals surface area contributed by atoms with E-state index >= 15 is 0 Å². The zero-order chi connectivity index (χ0) is 22.3. The SMILES string of the molecule is O=C(NCc1cccc(OCC(F)(F)F)c1)N1CCCN(Cc2ccc(Cl)cc2)CC1. The van der Waals surface area contributed by atoms with Gasteiger partial charge in [0.1, 0.15) is 5.75 Å². The van der Waals surface area contributed by atoms with E-state index in [9.17, 15) is 18.0 Å². The molecule has 0 spiro atoms. The van der Waals surface area contributed by atoms with Gasteiger partial charge in [-0.05, 0) is 41.8 Å². The normalized spacial score (nSPS) is 15.4. The molecule has 9 heteroatoms. The molecule has 0 unspecified atom stereocenters. The molecular formula is C22H25ClF3N3O2. The van der Waals surface area contributed by atoms with Crippen molar-refractivity contribution < 1.29 is 22.7 Å². The van der Waals surface area contributed by atoms with Crippen LogP contribution in [0.3, 0.4) is 0 Å². The van der Waals surface area contributed by atoms with Crippen molar-refractivity contribution in [2.24, 2.45) is 0 Å². The van der Waals surface area contributed by atoms with Crippen LogP contribution in [0.1, 0.15) is 17.5 Å². The first kappa shape index (κ1) is 23.2. The van der Waals surface area contributed by atoms with Crippen LogP contribution in [0, 0.1) is 0 Å². The number of carbonyl (C=O) groups is 1. The summed E-state index contributed by atoms with van der Waals surface area (Å²) in [5.41, 5.74) is 1.85. The molecular weight excluding hydrogens is 431 g/mol. The molecule has 31 heavy (non-hydrogen) atoms. The number of rotatable bonds is 6. The Balaban J connectivity index is 1.46. The zero-order valence-electron chi connectivity index (χ0n) is 17.0. The molecule has 1 heterocycles. The van der Waals surface area contributed by atoms with Crippen LogP contribution < -0.4 is 10.1 Å². The van der Waals surface area contributed by atoms with Gasteiger partial charge in [0.2, 0.25) is 0 Å². The Morgan fingerprint density at radius 3 is 2.55 bits per heavy atom. The van der Waals surface area contributed by atoms with E-state index in [1.807, 2.05) is 24.3 Å². The highest BCUT2D eigenvalue weighted by atomic mass is 35.5. The van der Waals surface area contributed by atoms with Gasteiger partial charge in [-0.25, -0.2) is 4.79 Å². The molecule has 0 saturated carbocycles. The van der Waals surface area contributed by atoms with Gasteiger partial charge in [-0.1, -0.05) is 35.9 Å². The molecule has 1 saturated heterocycles. The second kappa shape index (κ2) is 10.7. The summed E-state index contributed by atoms with van der Waals surface area (Å²) in [5.74, 6) is 0.122. The fourth-order valence-corrected chi connectivity index (χ4v) is 3.51. The number of nitrogens with one attached hydrogen (secondary N) is 1. The first-order valence-corrected chi connectivity index (χ1v) is 10.4. The summed E-state index contributed by atoms with van der Waals surface area (Å²) >= 11 is 5.93. The molecule has 5 nitrogen and oxygen atoms in total. The van der Waals surface area contributed by atoms with Gasteiger partial charge in [0.25, 0.3) is 0 Å². The van der Waals surface area contributed by atoms with Crippen molar-refractivity contribution in [2.45, 2.75) is 25.7 Å². The standard InChI is InChI=1S/C22H25ClF3N3O2/c23-19-7-5-17(6-8-19)15-28-9-2-10-29(12-11-28)21(30)27-14-18-3-1-4-20(13-18)31-16-22(24,25)26/h1,3-8,13H,2,9-12,14-16H2,(H,27,30). The maximum atomic E-state index is 12.6. The molecule has 0 bridgehead atoms. The first-order valence-electron chi connectivity index (χ1n) is 10.1. The Hall–Kier alpha value is -2.45. The van der Waals surface area contributed by atoms with Crippen molar-refractivity contribution >= 4 is 17.6 Å². The van der Waals surface area contributed by atoms with E-state index in [0.717, 1.165) is 26.1 Å². The third kappa shape index (κ3) is 7.95. The van der Waals surface area contributed by atoms with Crippen LogP contribution in [0.4, 0.5) is 18.0 Å². The fourth-order valence-electron chi connectivity index (χ4n) is 3.38. The van der Waals surface area contributed by atoms with Crippen LogP contribution >= 0.6 is 11.6 Å². The van der Waals surface area contributed by atoms with E-state index in [0.29, 0.717) is 23.7 Å². The van der Waals surface area contributed by atoms with Gasteiger partial charge >= 0.3 is 12.2 Å². The molecule has 0 aliphatic carbocycles. The van der Waals surface area contributed by atoms with E-state index < -0.39 is 12.8 Å². The monoisotopic (exact) mass is 455 g/mol. The number of carbonyl (C=O) groups excluding carboxylic acids is 1. The lowest BCUT2D eigenvalue weighted by atomic mass is 10.2. The van der Waals surface area contributed by atoms with E-state index in [1.165, 1.54) is 17.7 Å². The van der Waals surface area contributed by atoms with E-state index in [2.05, 4.69) is 10.2 Å². The number of urea groups is 1. The highest BCUT2D eigenvalue weighted by Crippen LogP contribution is 2.19. The number of ether oxygens (including phenoxy) is 1. The van der Waals surface area contributed by atoms with Crippen LogP contribution in [0.5, 0.6) is 5.75 Å². The van der Waals surface area contributed by atoms with Crippen LogP contribution in [-0.4, -0.2) is 54.8 Å². The van der Waals surface area contributed by atoms with Gasteiger partial charge in [-0.3, -0.25) is 4.90 Å². The van der Waals surface area contributed by atoms with Crippen LogP contribution in [-0.2, 0) is 13.1 Å². The summed E-state index contributed by atoms with van der Waals surface area (Å²) in [5, 5.41) is 3.55. The topological polar surface area (TPSA) is 44.8 Å². The molecule has 0 aromatic heterocycles. The molecule has 3 rings (SSSR count). The lowest BCUT2D eigenvalue weighted by molar-refractivity contribution is -0.153. The maximum absolute atomic E-state index is 12.6. The second-order valence-corrected chi connectivity index (χ2v) is 7.89. The minimum atomic E-state index is -4.39. The molecule has 1 aliphatic heterocycles. The highest BCUT2D eigenvalue weighted by Gasteiger charge is 2.28. The molecule has 0 radical (unpaired) electrons. The predicted molar refractivity (Wildman–Crippen MR) is 113 cm³/mol. The lowest BCUT2D eigenvalue weighted by Gasteiger charge is -2.22. The largest absolute Gasteiger partial charge is 0.484 e. The average molecular weight is 456 g/mol. The quantitative estimate of drug-likeness (QED) is 0.686. The van der Waals surface area contributed by atoms with Crippen molar-refractivity contribution in [3.05, 3.63) is 64.7 Å². The van der Waals surface area contributed by atoms with E-state index in [1.54, 1.807) is 17.0 Å². The summed E-state index contributed by atoms with van der Waals surface area (Å²) in [7, 11) is 0. The lowest BCUT2D eigenvalue weighted by Crippen LogP contribution is -2.41. The Bertz CT molecular complexity index is 862. The first-order chi connectivity index (χ1) is 14.8. The Labute approximate surface area is 184 Å². The van der Waals surface area contributed by atoms with Gasteiger partial charge < -0.3 is 15.0 Å². The summed E-state index contributed by atoms with van der Waals surface area (Å²) in [6.07, 6.45) is -3.53. The number of alkyl halides is 3. The van der Waals surface area contributed by atoms with Crippen molar-refractivity contribution in [2.75, 3.05) is 32.8 Å². The minimum absolute atomic E-state index is 0.122. The van der Waals surface area contributed by atoms with E-state index in [-0.39, 0.29) is 18.3 Å². The van der Waals surface area contributed by atoms with Gasteiger partial charge in [-0.15, -0.1) is 0 Å². The molecule has 0 atom stereocenters. The van der Waals surface area contributed by atoms with Gasteiger partial charge in [0.15, 0.2) is 6.61 Å². The number of nitrogens with zero attached hydrogens (tertiary/aromatic N) is 2. The minimum Gasteiger partial charge on any atom is -0.484 e. The summed E-state index contributed by atoms with van der Waals surface area (Å²) in [6, 6.07) is 13.9. The van der Waals surface area contributed by atoms with Crippen molar-refractivity contribution in [3.63, 3.8) is 0 Å². The highest BCUT2D eigenvalue weighted by molar-refractivity contribution is 6.30. The molecule has 1 fully saturated rings. The van der Waals surface area contributed by atoms with Crippen molar-refractivity contribution in [1.82, 2.24) is 15.1 Å². The predicted octanol–water partition coefficient (Wildman–Crippen LogP) is 4.70. The molecule has 168 valence electrons. The number of hydrogen-bond donors (Lipinski definition) is 1. The molecule has 1 N–H and O–H groups in total. The number of hydrogen-bond acceptors (Lipinski definition) is 3. The third-order valence-electron chi connectivity index (χ3n) is 4.94. The third-order valence-corrected chi connectivity index (χ3v) is 5.19. The van der Waals surface area contributed by atoms with Crippen LogP contribution in [0.2, 0.25) is 5.02 Å². The Morgan fingerprint density at radius 2 is 1.81 bits per heavy atom. The molecule has 2 aromatic rings. The average Bonchev–Trinajstić information content (AvgIpc) is 2.98. The second-order valence-electron chi connectivity index (χ2n) is 7.45. The number of benzene rings is 2. The van der Waals surface area contributed by atoms with Crippen molar-refractivity contribution in [3.8, 4) is 5.75 Å². The molecule has 1 aliphatic rings. The van der Waals surface area contributed by atoms with Gasteiger partial charge in [0.05, 0.1) is 0 Å². The summed E-state index contributed by atoms with van der Waals surface area (Å²) in [6.45, 7) is 2.58. The Morgan fingerprint density at radius 1 is 1.03 bits per heavy atom.